The van der Waals surface area contributed by atoms with Gasteiger partial charge in [0.05, 0.1) is 5.92 Å². The maximum absolute atomic E-state index is 12.8. The summed E-state index contributed by atoms with van der Waals surface area (Å²) in [4.78, 5) is 28.5. The summed E-state index contributed by atoms with van der Waals surface area (Å²) in [5.41, 5.74) is 1.81. The van der Waals surface area contributed by atoms with E-state index < -0.39 is 5.60 Å². The normalized spacial score (nSPS) is 18.0. The first-order chi connectivity index (χ1) is 11.7. The van der Waals surface area contributed by atoms with Crippen molar-refractivity contribution in [3.05, 3.63) is 35.4 Å². The second kappa shape index (κ2) is 7.89. The van der Waals surface area contributed by atoms with Crippen LogP contribution in [0.25, 0.3) is 0 Å². The van der Waals surface area contributed by atoms with E-state index in [9.17, 15) is 9.59 Å². The van der Waals surface area contributed by atoms with Gasteiger partial charge in [-0.25, -0.2) is 4.79 Å². The lowest BCUT2D eigenvalue weighted by atomic mass is 9.96. The molecule has 1 atom stereocenters. The van der Waals surface area contributed by atoms with Crippen molar-refractivity contribution in [3.63, 3.8) is 0 Å². The van der Waals surface area contributed by atoms with Gasteiger partial charge in [-0.05, 0) is 51.7 Å². The first kappa shape index (κ1) is 19.3. The molecule has 0 spiro atoms. The quantitative estimate of drug-likeness (QED) is 0.840. The molecule has 1 aromatic rings. The molecule has 2 amide bonds. The van der Waals surface area contributed by atoms with Gasteiger partial charge in [0, 0.05) is 26.7 Å². The number of rotatable bonds is 3. The molecule has 1 heterocycles. The summed E-state index contributed by atoms with van der Waals surface area (Å²) < 4.78 is 5.44. The summed E-state index contributed by atoms with van der Waals surface area (Å²) in [5.74, 6) is -0.0631. The van der Waals surface area contributed by atoms with Crippen molar-refractivity contribution in [1.29, 1.82) is 0 Å². The Morgan fingerprint density at radius 1 is 1.28 bits per heavy atom. The largest absolute Gasteiger partial charge is 0.444 e. The Labute approximate surface area is 150 Å². The topological polar surface area (TPSA) is 49.9 Å². The predicted molar refractivity (Wildman–Crippen MR) is 98.2 cm³/mol. The molecule has 1 saturated heterocycles. The van der Waals surface area contributed by atoms with E-state index in [0.717, 1.165) is 18.4 Å². The third kappa shape index (κ3) is 5.48. The zero-order valence-corrected chi connectivity index (χ0v) is 16.0. The van der Waals surface area contributed by atoms with Crippen LogP contribution in [-0.2, 0) is 16.1 Å². The van der Waals surface area contributed by atoms with E-state index in [1.807, 2.05) is 46.0 Å². The number of carbonyl (C=O) groups is 2. The van der Waals surface area contributed by atoms with Crippen LogP contribution < -0.4 is 0 Å². The minimum atomic E-state index is -0.518. The smallest absolute Gasteiger partial charge is 0.410 e. The van der Waals surface area contributed by atoms with E-state index in [1.165, 1.54) is 5.56 Å². The molecule has 1 fully saturated rings. The van der Waals surface area contributed by atoms with Crippen LogP contribution in [0, 0.1) is 12.8 Å². The lowest BCUT2D eigenvalue weighted by molar-refractivity contribution is -0.136. The van der Waals surface area contributed by atoms with Gasteiger partial charge in [-0.2, -0.15) is 0 Å². The van der Waals surface area contributed by atoms with E-state index in [-0.39, 0.29) is 17.9 Å². The molecular weight excluding hydrogens is 316 g/mol. The maximum atomic E-state index is 12.8. The number of benzene rings is 1. The highest BCUT2D eigenvalue weighted by Crippen LogP contribution is 2.22. The zero-order valence-electron chi connectivity index (χ0n) is 16.0. The third-order valence-corrected chi connectivity index (χ3v) is 4.47. The lowest BCUT2D eigenvalue weighted by Gasteiger charge is -2.35. The number of carbonyl (C=O) groups excluding carboxylic acids is 2. The summed E-state index contributed by atoms with van der Waals surface area (Å²) in [6, 6.07) is 8.09. The van der Waals surface area contributed by atoms with Crippen molar-refractivity contribution in [2.75, 3.05) is 20.1 Å². The van der Waals surface area contributed by atoms with Crippen LogP contribution in [0.15, 0.2) is 24.3 Å². The fraction of sp³-hybridized carbons (Fsp3) is 0.600. The van der Waals surface area contributed by atoms with Crippen molar-refractivity contribution < 1.29 is 14.3 Å². The molecule has 0 aliphatic carbocycles. The highest BCUT2D eigenvalue weighted by molar-refractivity contribution is 5.80. The highest BCUT2D eigenvalue weighted by atomic mass is 16.6. The van der Waals surface area contributed by atoms with Gasteiger partial charge in [-0.3, -0.25) is 4.79 Å². The zero-order chi connectivity index (χ0) is 18.6. The van der Waals surface area contributed by atoms with Crippen molar-refractivity contribution in [3.8, 4) is 0 Å². The van der Waals surface area contributed by atoms with Gasteiger partial charge in [0.1, 0.15) is 5.60 Å². The molecule has 0 saturated carbocycles. The average molecular weight is 346 g/mol. The van der Waals surface area contributed by atoms with Crippen LogP contribution in [0.3, 0.4) is 0 Å². The molecule has 0 aromatic heterocycles. The Kier molecular flexibility index (Phi) is 6.09. The van der Waals surface area contributed by atoms with Crippen LogP contribution in [0.2, 0.25) is 0 Å². The molecule has 25 heavy (non-hydrogen) atoms. The van der Waals surface area contributed by atoms with Crippen molar-refractivity contribution in [2.24, 2.45) is 5.92 Å². The maximum Gasteiger partial charge on any atom is 0.410 e. The SMILES string of the molecule is Cc1ccccc1CN(C)C(=O)[C@H]1CCCN(C(=O)OC(C)(C)C)C1. The van der Waals surface area contributed by atoms with E-state index >= 15 is 0 Å². The molecular formula is C20H30N2O3. The fourth-order valence-electron chi connectivity index (χ4n) is 3.10. The fourth-order valence-corrected chi connectivity index (χ4v) is 3.10. The second-order valence-corrected chi connectivity index (χ2v) is 7.89. The van der Waals surface area contributed by atoms with Gasteiger partial charge in [0.25, 0.3) is 0 Å². The molecule has 1 aromatic carbocycles. The van der Waals surface area contributed by atoms with Crippen LogP contribution in [0.5, 0.6) is 0 Å². The average Bonchev–Trinajstić information content (AvgIpc) is 2.54. The van der Waals surface area contributed by atoms with Gasteiger partial charge in [0.2, 0.25) is 5.91 Å². The molecule has 2 rings (SSSR count). The number of hydrogen-bond acceptors (Lipinski definition) is 3. The second-order valence-electron chi connectivity index (χ2n) is 7.89. The Balaban J connectivity index is 1.96. The molecule has 138 valence electrons. The first-order valence-electron chi connectivity index (χ1n) is 8.95. The summed E-state index contributed by atoms with van der Waals surface area (Å²) in [5, 5.41) is 0. The monoisotopic (exact) mass is 346 g/mol. The Hall–Kier alpha value is -2.04. The number of aryl methyl sites for hydroxylation is 1. The summed E-state index contributed by atoms with van der Waals surface area (Å²) in [6.07, 6.45) is 1.32. The van der Waals surface area contributed by atoms with Crippen molar-refractivity contribution in [1.82, 2.24) is 9.80 Å². The summed E-state index contributed by atoms with van der Waals surface area (Å²) in [6.45, 7) is 9.30. The van der Waals surface area contributed by atoms with Gasteiger partial charge in [-0.15, -0.1) is 0 Å². The Morgan fingerprint density at radius 3 is 2.60 bits per heavy atom. The van der Waals surface area contributed by atoms with Crippen molar-refractivity contribution in [2.45, 2.75) is 52.7 Å². The molecule has 5 heteroatoms. The number of nitrogens with zero attached hydrogens (tertiary/aromatic N) is 2. The standard InChI is InChI=1S/C20H30N2O3/c1-15-9-6-7-10-16(15)13-21(5)18(23)17-11-8-12-22(14-17)19(24)25-20(2,3)4/h6-7,9-10,17H,8,11-14H2,1-5H3/t17-/m0/s1. The van der Waals surface area contributed by atoms with E-state index in [0.29, 0.717) is 19.6 Å². The molecule has 1 aliphatic heterocycles. The van der Waals surface area contributed by atoms with Crippen LogP contribution in [-0.4, -0.2) is 47.5 Å². The Morgan fingerprint density at radius 2 is 1.96 bits per heavy atom. The number of piperidine rings is 1. The number of ether oxygens (including phenoxy) is 1. The molecule has 0 unspecified atom stereocenters. The summed E-state index contributed by atoms with van der Waals surface area (Å²) in [7, 11) is 1.83. The van der Waals surface area contributed by atoms with Gasteiger partial charge in [0.15, 0.2) is 0 Å². The lowest BCUT2D eigenvalue weighted by Crippen LogP contribution is -2.47. The number of likely N-dealkylation sites (tertiary alicyclic amines) is 1. The van der Waals surface area contributed by atoms with Crippen LogP contribution in [0.4, 0.5) is 4.79 Å². The van der Waals surface area contributed by atoms with Gasteiger partial charge >= 0.3 is 6.09 Å². The molecule has 5 nitrogen and oxygen atoms in total. The minimum absolute atomic E-state index is 0.0940. The summed E-state index contributed by atoms with van der Waals surface area (Å²) >= 11 is 0. The van der Waals surface area contributed by atoms with E-state index in [1.54, 1.807) is 9.80 Å². The third-order valence-electron chi connectivity index (χ3n) is 4.47. The van der Waals surface area contributed by atoms with E-state index in [2.05, 4.69) is 13.0 Å². The molecule has 0 bridgehead atoms. The number of hydrogen-bond donors (Lipinski definition) is 0. The van der Waals surface area contributed by atoms with Gasteiger partial charge < -0.3 is 14.5 Å². The predicted octanol–water partition coefficient (Wildman–Crippen LogP) is 3.60. The Bertz CT molecular complexity index is 622. The molecule has 1 aliphatic rings. The molecule has 0 N–H and O–H groups in total. The van der Waals surface area contributed by atoms with Crippen LogP contribution >= 0.6 is 0 Å². The minimum Gasteiger partial charge on any atom is -0.444 e. The number of amides is 2. The highest BCUT2D eigenvalue weighted by Gasteiger charge is 2.32. The first-order valence-corrected chi connectivity index (χ1v) is 8.95. The van der Waals surface area contributed by atoms with Gasteiger partial charge in [-0.1, -0.05) is 24.3 Å². The molecule has 0 radical (unpaired) electrons. The van der Waals surface area contributed by atoms with Crippen molar-refractivity contribution >= 4 is 12.0 Å². The van der Waals surface area contributed by atoms with Crippen LogP contribution in [0.1, 0.15) is 44.7 Å². The van der Waals surface area contributed by atoms with E-state index in [4.69, 9.17) is 4.74 Å².